The number of carbonyl (C=O) groups is 1. The second-order valence-electron chi connectivity index (χ2n) is 7.99. The maximum absolute atomic E-state index is 14.2. The number of oxime groups is 1. The number of halogens is 1. The van der Waals surface area contributed by atoms with E-state index >= 15 is 0 Å². The van der Waals surface area contributed by atoms with Crippen LogP contribution in [0.2, 0.25) is 0 Å². The molecule has 1 amide bonds. The van der Waals surface area contributed by atoms with Gasteiger partial charge in [-0.25, -0.2) is 4.39 Å². The fraction of sp³-hybridized carbons (Fsp3) is 0.417. The van der Waals surface area contributed by atoms with Crippen molar-refractivity contribution < 1.29 is 18.8 Å². The predicted molar refractivity (Wildman–Crippen MR) is 113 cm³/mol. The number of rotatable bonds is 7. The van der Waals surface area contributed by atoms with Crippen LogP contribution in [-0.2, 0) is 16.2 Å². The zero-order valence-corrected chi connectivity index (χ0v) is 17.2. The summed E-state index contributed by atoms with van der Waals surface area (Å²) in [5.41, 5.74) is 2.35. The van der Waals surface area contributed by atoms with Gasteiger partial charge in [-0.15, -0.1) is 0 Å². The molecule has 158 valence electrons. The number of amides is 1. The van der Waals surface area contributed by atoms with E-state index in [1.807, 2.05) is 24.3 Å². The van der Waals surface area contributed by atoms with E-state index in [1.54, 1.807) is 30.2 Å². The number of hydrogen-bond donors (Lipinski definition) is 0. The van der Waals surface area contributed by atoms with Crippen molar-refractivity contribution in [2.75, 3.05) is 13.7 Å². The van der Waals surface area contributed by atoms with E-state index in [4.69, 9.17) is 9.57 Å². The largest absolute Gasteiger partial charge is 0.497 e. The highest BCUT2D eigenvalue weighted by Crippen LogP contribution is 2.28. The summed E-state index contributed by atoms with van der Waals surface area (Å²) >= 11 is 0. The minimum atomic E-state index is -0.288. The van der Waals surface area contributed by atoms with Gasteiger partial charge in [0.05, 0.1) is 19.4 Å². The average molecular weight is 410 g/mol. The second-order valence-corrected chi connectivity index (χ2v) is 7.99. The molecule has 1 saturated carbocycles. The van der Waals surface area contributed by atoms with E-state index < -0.39 is 0 Å². The Bertz CT molecular complexity index is 907. The zero-order chi connectivity index (χ0) is 20.9. The first-order chi connectivity index (χ1) is 14.6. The summed E-state index contributed by atoms with van der Waals surface area (Å²) in [4.78, 5) is 20.6. The molecule has 2 aliphatic rings. The number of carbonyl (C=O) groups excluding carboxylic acids is 1. The van der Waals surface area contributed by atoms with Crippen molar-refractivity contribution in [3.05, 3.63) is 65.5 Å². The lowest BCUT2D eigenvalue weighted by Crippen LogP contribution is -2.40. The average Bonchev–Trinajstić information content (AvgIpc) is 3.47. The first kappa shape index (κ1) is 20.4. The number of nitrogens with zero attached hydrogens (tertiary/aromatic N) is 2. The molecule has 30 heavy (non-hydrogen) atoms. The van der Waals surface area contributed by atoms with Crippen molar-refractivity contribution in [1.82, 2.24) is 4.90 Å². The molecule has 1 aliphatic heterocycles. The summed E-state index contributed by atoms with van der Waals surface area (Å²) in [6, 6.07) is 14.3. The van der Waals surface area contributed by atoms with Crippen LogP contribution in [0, 0.1) is 11.7 Å². The Labute approximate surface area is 176 Å². The first-order valence-corrected chi connectivity index (χ1v) is 10.5. The summed E-state index contributed by atoms with van der Waals surface area (Å²) in [6.07, 6.45) is 4.35. The van der Waals surface area contributed by atoms with Crippen molar-refractivity contribution in [1.29, 1.82) is 0 Å². The van der Waals surface area contributed by atoms with Crippen molar-refractivity contribution in [2.24, 2.45) is 11.1 Å². The topological polar surface area (TPSA) is 51.1 Å². The van der Waals surface area contributed by atoms with Crippen LogP contribution in [0.15, 0.2) is 53.7 Å². The van der Waals surface area contributed by atoms with Gasteiger partial charge in [0.1, 0.15) is 11.6 Å². The molecule has 0 saturated heterocycles. The summed E-state index contributed by atoms with van der Waals surface area (Å²) in [5.74, 6) is 0.620. The fourth-order valence-electron chi connectivity index (χ4n) is 4.22. The smallest absolute Gasteiger partial charge is 0.226 e. The SMILES string of the molecule is COc1ccc(C2=NO[C@H](CN(Cc3ccccc3F)C(=O)C3CCCC3)C2)cc1. The molecule has 1 atom stereocenters. The molecule has 0 spiro atoms. The van der Waals surface area contributed by atoms with Gasteiger partial charge >= 0.3 is 0 Å². The molecule has 0 aromatic heterocycles. The molecule has 0 unspecified atom stereocenters. The van der Waals surface area contributed by atoms with Crippen LogP contribution >= 0.6 is 0 Å². The molecule has 2 aromatic rings. The molecule has 1 aliphatic carbocycles. The van der Waals surface area contributed by atoms with E-state index in [0.717, 1.165) is 42.7 Å². The number of benzene rings is 2. The number of methoxy groups -OCH3 is 1. The second kappa shape index (κ2) is 9.28. The Morgan fingerprint density at radius 3 is 2.60 bits per heavy atom. The fourth-order valence-corrected chi connectivity index (χ4v) is 4.22. The molecule has 5 nitrogen and oxygen atoms in total. The van der Waals surface area contributed by atoms with Crippen LogP contribution in [0.4, 0.5) is 4.39 Å². The first-order valence-electron chi connectivity index (χ1n) is 10.5. The lowest BCUT2D eigenvalue weighted by molar-refractivity contribution is -0.137. The van der Waals surface area contributed by atoms with Gasteiger partial charge in [0.2, 0.25) is 5.91 Å². The van der Waals surface area contributed by atoms with Crippen molar-refractivity contribution in [3.63, 3.8) is 0 Å². The zero-order valence-electron chi connectivity index (χ0n) is 17.2. The Kier molecular flexibility index (Phi) is 6.31. The third kappa shape index (κ3) is 4.64. The van der Waals surface area contributed by atoms with Gasteiger partial charge in [0.25, 0.3) is 0 Å². The van der Waals surface area contributed by atoms with E-state index in [0.29, 0.717) is 18.5 Å². The summed E-state index contributed by atoms with van der Waals surface area (Å²) < 4.78 is 19.4. The molecular weight excluding hydrogens is 383 g/mol. The van der Waals surface area contributed by atoms with Gasteiger partial charge in [-0.1, -0.05) is 36.2 Å². The van der Waals surface area contributed by atoms with Gasteiger partial charge in [-0.3, -0.25) is 4.79 Å². The van der Waals surface area contributed by atoms with Gasteiger partial charge in [0, 0.05) is 24.4 Å². The van der Waals surface area contributed by atoms with Crippen molar-refractivity contribution >= 4 is 11.6 Å². The van der Waals surface area contributed by atoms with Gasteiger partial charge in [-0.2, -0.15) is 0 Å². The number of hydrogen-bond acceptors (Lipinski definition) is 4. The van der Waals surface area contributed by atoms with Crippen molar-refractivity contribution in [3.8, 4) is 5.75 Å². The van der Waals surface area contributed by atoms with Gasteiger partial charge < -0.3 is 14.5 Å². The summed E-state index contributed by atoms with van der Waals surface area (Å²) in [5, 5.41) is 4.24. The van der Waals surface area contributed by atoms with Crippen LogP contribution in [0.5, 0.6) is 5.75 Å². The number of ether oxygens (including phenoxy) is 1. The monoisotopic (exact) mass is 410 g/mol. The van der Waals surface area contributed by atoms with Gasteiger partial charge in [-0.05, 0) is 48.7 Å². The highest BCUT2D eigenvalue weighted by molar-refractivity contribution is 6.01. The lowest BCUT2D eigenvalue weighted by Gasteiger charge is -2.27. The van der Waals surface area contributed by atoms with Crippen LogP contribution in [0.1, 0.15) is 43.2 Å². The van der Waals surface area contributed by atoms with E-state index in [2.05, 4.69) is 5.16 Å². The van der Waals surface area contributed by atoms with Crippen LogP contribution in [0.3, 0.4) is 0 Å². The van der Waals surface area contributed by atoms with Crippen LogP contribution in [-0.4, -0.2) is 36.3 Å². The van der Waals surface area contributed by atoms with Crippen molar-refractivity contribution in [2.45, 2.75) is 44.8 Å². The maximum atomic E-state index is 14.2. The molecule has 1 fully saturated rings. The molecule has 0 N–H and O–H groups in total. The molecule has 6 heteroatoms. The van der Waals surface area contributed by atoms with E-state index in [9.17, 15) is 9.18 Å². The minimum absolute atomic E-state index is 0.0279. The predicted octanol–water partition coefficient (Wildman–Crippen LogP) is 4.55. The molecule has 2 aromatic carbocycles. The molecule has 1 heterocycles. The Morgan fingerprint density at radius 2 is 1.90 bits per heavy atom. The minimum Gasteiger partial charge on any atom is -0.497 e. The van der Waals surface area contributed by atoms with E-state index in [1.165, 1.54) is 6.07 Å². The lowest BCUT2D eigenvalue weighted by atomic mass is 10.0. The highest BCUT2D eigenvalue weighted by Gasteiger charge is 2.32. The summed E-state index contributed by atoms with van der Waals surface area (Å²) in [7, 11) is 1.63. The van der Waals surface area contributed by atoms with E-state index in [-0.39, 0.29) is 30.3 Å². The molecule has 0 radical (unpaired) electrons. The third-order valence-electron chi connectivity index (χ3n) is 5.92. The molecule has 4 rings (SSSR count). The highest BCUT2D eigenvalue weighted by atomic mass is 19.1. The third-order valence-corrected chi connectivity index (χ3v) is 5.92. The molecule has 0 bridgehead atoms. The van der Waals surface area contributed by atoms with Crippen LogP contribution < -0.4 is 4.74 Å². The standard InChI is InChI=1S/C24H27FN2O3/c1-29-20-12-10-17(11-13-20)23-14-21(30-26-23)16-27(24(28)18-6-2-3-7-18)15-19-8-4-5-9-22(19)25/h4-5,8-13,18,21H,2-3,6-7,14-16H2,1H3/t21-/m0/s1. The van der Waals surface area contributed by atoms with Gasteiger partial charge in [0.15, 0.2) is 6.10 Å². The Balaban J connectivity index is 1.45. The summed E-state index contributed by atoms with van der Waals surface area (Å²) in [6.45, 7) is 0.645. The maximum Gasteiger partial charge on any atom is 0.226 e. The Morgan fingerprint density at radius 1 is 1.17 bits per heavy atom. The Hall–Kier alpha value is -2.89. The quantitative estimate of drug-likeness (QED) is 0.673. The molecular formula is C24H27FN2O3. The normalized spacial score (nSPS) is 18.7. The van der Waals surface area contributed by atoms with Crippen LogP contribution in [0.25, 0.3) is 0 Å².